The van der Waals surface area contributed by atoms with Gasteiger partial charge >= 0.3 is 5.97 Å². The lowest BCUT2D eigenvalue weighted by Crippen LogP contribution is -2.42. The molecule has 0 radical (unpaired) electrons. The molecule has 2 aliphatic rings. The fourth-order valence-corrected chi connectivity index (χ4v) is 4.41. The second-order valence-corrected chi connectivity index (χ2v) is 7.78. The van der Waals surface area contributed by atoms with Crippen LogP contribution in [0, 0.1) is 11.2 Å². The zero-order chi connectivity index (χ0) is 20.5. The van der Waals surface area contributed by atoms with Gasteiger partial charge in [-0.15, -0.1) is 0 Å². The fourth-order valence-electron chi connectivity index (χ4n) is 4.41. The van der Waals surface area contributed by atoms with Crippen molar-refractivity contribution in [1.82, 2.24) is 9.80 Å². The highest BCUT2D eigenvalue weighted by Crippen LogP contribution is 2.44. The summed E-state index contributed by atoms with van der Waals surface area (Å²) in [5.74, 6) is -0.630. The van der Waals surface area contributed by atoms with Crippen LogP contribution < -0.4 is 9.47 Å². The van der Waals surface area contributed by atoms with Crippen molar-refractivity contribution in [3.8, 4) is 11.5 Å². The molecule has 2 heterocycles. The number of piperidine rings is 1. The molecule has 1 spiro atoms. The first-order valence-corrected chi connectivity index (χ1v) is 9.41. The minimum absolute atomic E-state index is 0.165. The number of carboxylic acids is 1. The average molecular weight is 394 g/mol. The number of carbonyl (C=O) groups is 2. The topological polar surface area (TPSA) is 79.3 Å². The molecule has 8 heteroatoms. The van der Waals surface area contributed by atoms with Crippen LogP contribution in [0.2, 0.25) is 0 Å². The van der Waals surface area contributed by atoms with Gasteiger partial charge in [-0.25, -0.2) is 9.18 Å². The summed E-state index contributed by atoms with van der Waals surface area (Å²) < 4.78 is 24.8. The van der Waals surface area contributed by atoms with Gasteiger partial charge in [0.15, 0.2) is 11.5 Å². The molecular formula is C20H27FN2O5. The molecule has 1 aromatic rings. The number of rotatable bonds is 5. The molecule has 2 aliphatic heterocycles. The second-order valence-electron chi connectivity index (χ2n) is 7.78. The molecule has 1 N–H and O–H groups in total. The molecule has 2 fully saturated rings. The van der Waals surface area contributed by atoms with Crippen LogP contribution in [0.4, 0.5) is 4.39 Å². The van der Waals surface area contributed by atoms with Crippen LogP contribution in [-0.4, -0.2) is 66.7 Å². The van der Waals surface area contributed by atoms with E-state index in [1.807, 2.05) is 0 Å². The number of carbonyl (C=O) groups excluding carboxylic acids is 1. The highest BCUT2D eigenvalue weighted by Gasteiger charge is 2.49. The van der Waals surface area contributed by atoms with E-state index in [1.54, 1.807) is 6.07 Å². The van der Waals surface area contributed by atoms with E-state index in [1.165, 1.54) is 32.1 Å². The molecule has 2 saturated heterocycles. The highest BCUT2D eigenvalue weighted by molar-refractivity contribution is 5.83. The van der Waals surface area contributed by atoms with E-state index < -0.39 is 12.0 Å². The Hall–Kier alpha value is -2.35. The van der Waals surface area contributed by atoms with Crippen molar-refractivity contribution < 1.29 is 28.6 Å². The Morgan fingerprint density at radius 3 is 2.32 bits per heavy atom. The normalized spacial score (nSPS) is 21.7. The van der Waals surface area contributed by atoms with Crippen molar-refractivity contribution in [2.75, 3.05) is 33.9 Å². The summed E-state index contributed by atoms with van der Waals surface area (Å²) in [4.78, 5) is 27.0. The average Bonchev–Trinajstić information content (AvgIpc) is 3.05. The van der Waals surface area contributed by atoms with E-state index in [0.29, 0.717) is 36.6 Å². The summed E-state index contributed by atoms with van der Waals surface area (Å²) in [7, 11) is 2.99. The van der Waals surface area contributed by atoms with Gasteiger partial charge in [-0.1, -0.05) is 0 Å². The molecule has 1 amide bonds. The van der Waals surface area contributed by atoms with Gasteiger partial charge in [0, 0.05) is 31.6 Å². The first kappa shape index (κ1) is 20.4. The Labute approximate surface area is 164 Å². The van der Waals surface area contributed by atoms with Gasteiger partial charge in [-0.3, -0.25) is 9.69 Å². The third-order valence-corrected chi connectivity index (χ3v) is 6.06. The molecular weight excluding hydrogens is 367 g/mol. The molecule has 7 nitrogen and oxygen atoms in total. The first-order valence-electron chi connectivity index (χ1n) is 9.41. The van der Waals surface area contributed by atoms with Crippen LogP contribution in [0.1, 0.15) is 31.7 Å². The predicted octanol–water partition coefficient (Wildman–Crippen LogP) is 2.13. The maximum absolute atomic E-state index is 14.4. The molecule has 1 unspecified atom stereocenters. The number of methoxy groups -OCH3 is 2. The number of hydrogen-bond acceptors (Lipinski definition) is 5. The summed E-state index contributed by atoms with van der Waals surface area (Å²) in [6.45, 7) is 3.81. The number of aliphatic carboxylic acids is 1. The molecule has 0 aliphatic carbocycles. The molecule has 0 aromatic heterocycles. The predicted molar refractivity (Wildman–Crippen MR) is 99.9 cm³/mol. The Morgan fingerprint density at radius 1 is 1.21 bits per heavy atom. The number of amides is 1. The zero-order valence-corrected chi connectivity index (χ0v) is 16.5. The monoisotopic (exact) mass is 394 g/mol. The van der Waals surface area contributed by atoms with Crippen LogP contribution in [0.15, 0.2) is 12.1 Å². The van der Waals surface area contributed by atoms with Gasteiger partial charge < -0.3 is 19.5 Å². The minimum Gasteiger partial charge on any atom is -0.493 e. The van der Waals surface area contributed by atoms with Crippen molar-refractivity contribution in [3.05, 3.63) is 23.5 Å². The van der Waals surface area contributed by atoms with Gasteiger partial charge in [-0.05, 0) is 43.8 Å². The fraction of sp³-hybridized carbons (Fsp3) is 0.600. The Bertz CT molecular complexity index is 737. The van der Waals surface area contributed by atoms with Crippen molar-refractivity contribution in [2.45, 2.75) is 38.8 Å². The second kappa shape index (κ2) is 7.95. The molecule has 1 aromatic carbocycles. The molecule has 1 atom stereocenters. The van der Waals surface area contributed by atoms with Crippen LogP contribution >= 0.6 is 0 Å². The Kier molecular flexibility index (Phi) is 5.79. The van der Waals surface area contributed by atoms with E-state index in [-0.39, 0.29) is 17.1 Å². The molecule has 28 heavy (non-hydrogen) atoms. The number of hydrogen-bond donors (Lipinski definition) is 1. The third-order valence-electron chi connectivity index (χ3n) is 6.06. The lowest BCUT2D eigenvalue weighted by molar-refractivity contribution is -0.147. The lowest BCUT2D eigenvalue weighted by atomic mass is 9.76. The SMILES string of the molecule is COc1cc(F)c(CN2CCC3(CC2)CC(C(=O)O)N(C(C)=O)C3)cc1OC. The van der Waals surface area contributed by atoms with E-state index in [0.717, 1.165) is 25.9 Å². The summed E-state index contributed by atoms with van der Waals surface area (Å²) in [5, 5.41) is 9.45. The van der Waals surface area contributed by atoms with Crippen LogP contribution in [0.5, 0.6) is 11.5 Å². The van der Waals surface area contributed by atoms with E-state index in [2.05, 4.69) is 4.90 Å². The van der Waals surface area contributed by atoms with Crippen molar-refractivity contribution in [1.29, 1.82) is 0 Å². The number of halogens is 1. The van der Waals surface area contributed by atoms with Gasteiger partial charge in [0.2, 0.25) is 5.91 Å². The maximum atomic E-state index is 14.4. The number of carboxylic acid groups (broad SMARTS) is 1. The van der Waals surface area contributed by atoms with Crippen molar-refractivity contribution in [2.24, 2.45) is 5.41 Å². The quantitative estimate of drug-likeness (QED) is 0.824. The number of ether oxygens (including phenoxy) is 2. The van der Waals surface area contributed by atoms with Gasteiger partial charge in [0.1, 0.15) is 11.9 Å². The Balaban J connectivity index is 1.66. The summed E-state index contributed by atoms with van der Waals surface area (Å²) in [5.41, 5.74) is 0.371. The van der Waals surface area contributed by atoms with Crippen LogP contribution in [0.3, 0.4) is 0 Å². The molecule has 0 saturated carbocycles. The largest absolute Gasteiger partial charge is 0.493 e. The number of benzene rings is 1. The Morgan fingerprint density at radius 2 is 1.82 bits per heavy atom. The van der Waals surface area contributed by atoms with Crippen molar-refractivity contribution in [3.63, 3.8) is 0 Å². The highest BCUT2D eigenvalue weighted by atomic mass is 19.1. The van der Waals surface area contributed by atoms with Gasteiger partial charge in [-0.2, -0.15) is 0 Å². The van der Waals surface area contributed by atoms with E-state index in [4.69, 9.17) is 9.47 Å². The maximum Gasteiger partial charge on any atom is 0.326 e. The lowest BCUT2D eigenvalue weighted by Gasteiger charge is -2.39. The first-order chi connectivity index (χ1) is 13.3. The van der Waals surface area contributed by atoms with Crippen molar-refractivity contribution >= 4 is 11.9 Å². The summed E-state index contributed by atoms with van der Waals surface area (Å²) >= 11 is 0. The summed E-state index contributed by atoms with van der Waals surface area (Å²) in [6.07, 6.45) is 2.06. The van der Waals surface area contributed by atoms with Crippen LogP contribution in [0.25, 0.3) is 0 Å². The number of likely N-dealkylation sites (tertiary alicyclic amines) is 2. The van der Waals surface area contributed by atoms with Crippen LogP contribution in [-0.2, 0) is 16.1 Å². The standard InChI is InChI=1S/C20H27FN2O5/c1-13(24)23-12-20(10-16(23)19(25)26)4-6-22(7-5-20)11-14-8-17(27-2)18(28-3)9-15(14)21/h8-9,16H,4-7,10-12H2,1-3H3,(H,25,26). The minimum atomic E-state index is -0.943. The zero-order valence-electron chi connectivity index (χ0n) is 16.5. The van der Waals surface area contributed by atoms with Gasteiger partial charge in [0.05, 0.1) is 14.2 Å². The van der Waals surface area contributed by atoms with Gasteiger partial charge in [0.25, 0.3) is 0 Å². The van der Waals surface area contributed by atoms with E-state index in [9.17, 15) is 19.1 Å². The molecule has 3 rings (SSSR count). The van der Waals surface area contributed by atoms with E-state index >= 15 is 0 Å². The molecule has 0 bridgehead atoms. The number of nitrogens with zero attached hydrogens (tertiary/aromatic N) is 2. The smallest absolute Gasteiger partial charge is 0.326 e. The summed E-state index contributed by atoms with van der Waals surface area (Å²) in [6, 6.07) is 2.25. The third kappa shape index (κ3) is 3.92. The molecule has 154 valence electrons.